The van der Waals surface area contributed by atoms with Gasteiger partial charge in [0.25, 0.3) is 5.91 Å². The first-order valence-corrected chi connectivity index (χ1v) is 20.7. The molecule has 304 valence electrons. The van der Waals surface area contributed by atoms with Crippen molar-refractivity contribution in [3.63, 3.8) is 0 Å². The Balaban J connectivity index is 0.934. The van der Waals surface area contributed by atoms with Crippen LogP contribution in [-0.2, 0) is 47.0 Å². The molecule has 2 saturated carbocycles. The second-order valence-electron chi connectivity index (χ2n) is 15.5. The van der Waals surface area contributed by atoms with Crippen LogP contribution in [0.5, 0.6) is 0 Å². The molecular weight excluding hydrogens is 772 g/mol. The molecule has 2 heterocycles. The molecule has 5 N–H and O–H groups in total. The van der Waals surface area contributed by atoms with Crippen molar-refractivity contribution in [1.29, 1.82) is 0 Å². The van der Waals surface area contributed by atoms with Gasteiger partial charge in [0.1, 0.15) is 36.2 Å². The van der Waals surface area contributed by atoms with Crippen LogP contribution in [0.2, 0.25) is 0 Å². The Kier molecular flexibility index (Phi) is 10.2. The summed E-state index contributed by atoms with van der Waals surface area (Å²) in [5, 5.41) is 4.51. The van der Waals surface area contributed by atoms with Gasteiger partial charge in [0.15, 0.2) is 0 Å². The first kappa shape index (κ1) is 39.0. The van der Waals surface area contributed by atoms with E-state index >= 15 is 0 Å². The summed E-state index contributed by atoms with van der Waals surface area (Å²) in [4.78, 5) is 70.1. The molecule has 0 radical (unpaired) electrons. The molecule has 0 aromatic heterocycles. The van der Waals surface area contributed by atoms with Crippen LogP contribution < -0.4 is 21.1 Å². The van der Waals surface area contributed by atoms with Gasteiger partial charge in [-0.15, -0.1) is 6.58 Å². The van der Waals surface area contributed by atoms with Crippen LogP contribution >= 0.6 is 0 Å². The molecule has 15 nitrogen and oxygen atoms in total. The molecule has 1 unspecified atom stereocenters. The lowest BCUT2D eigenvalue weighted by atomic mass is 9.98. The fourth-order valence-electron chi connectivity index (χ4n) is 8.26. The van der Waals surface area contributed by atoms with Crippen LogP contribution in [0.25, 0.3) is 11.1 Å². The smallest absolute Gasteiger partial charge is 0.410 e. The Morgan fingerprint density at radius 3 is 2.31 bits per heavy atom. The largest absolute Gasteiger partial charge is 0.449 e. The van der Waals surface area contributed by atoms with Crippen molar-refractivity contribution >= 4 is 39.9 Å². The molecule has 5 atom stereocenters. The Labute approximate surface area is 334 Å². The number of carbonyl (C=O) groups is 5. The van der Waals surface area contributed by atoms with Gasteiger partial charge in [0.05, 0.1) is 18.3 Å². The number of nitrogens with two attached hydrogens (primary N) is 1. The zero-order chi connectivity index (χ0) is 40.9. The number of likely N-dealkylation sites (tertiary alicyclic amines) is 1. The third-order valence-corrected chi connectivity index (χ3v) is 13.5. The Bertz CT molecular complexity index is 2280. The van der Waals surface area contributed by atoms with Gasteiger partial charge in [-0.1, -0.05) is 66.7 Å². The monoisotopic (exact) mass is 814 g/mol. The van der Waals surface area contributed by atoms with E-state index in [0.717, 1.165) is 27.2 Å². The van der Waals surface area contributed by atoms with E-state index < -0.39 is 80.6 Å². The van der Waals surface area contributed by atoms with Crippen LogP contribution in [0, 0.1) is 11.7 Å². The van der Waals surface area contributed by atoms with E-state index in [-0.39, 0.29) is 51.5 Å². The number of alkyl carbamates (subject to hydrolysis) is 1. The second kappa shape index (κ2) is 15.2. The highest BCUT2D eigenvalue weighted by Gasteiger charge is 2.62. The average molecular weight is 815 g/mol. The molecule has 58 heavy (non-hydrogen) atoms. The number of halogens is 1. The highest BCUT2D eigenvalue weighted by Crippen LogP contribution is 2.46. The fourth-order valence-corrected chi connectivity index (χ4v) is 9.63. The third-order valence-electron chi connectivity index (χ3n) is 11.7. The van der Waals surface area contributed by atoms with E-state index in [2.05, 4.69) is 21.9 Å². The number of benzene rings is 3. The number of ether oxygens (including phenoxy) is 2. The minimum atomic E-state index is -3.95. The van der Waals surface area contributed by atoms with Gasteiger partial charge in [-0.3, -0.25) is 24.0 Å². The van der Waals surface area contributed by atoms with Crippen LogP contribution in [0.15, 0.2) is 79.4 Å². The molecule has 3 aliphatic carbocycles. The van der Waals surface area contributed by atoms with E-state index in [0.29, 0.717) is 24.0 Å². The third kappa shape index (κ3) is 7.39. The van der Waals surface area contributed by atoms with Crippen molar-refractivity contribution in [3.8, 4) is 11.1 Å². The predicted octanol–water partition coefficient (Wildman–Crippen LogP) is 2.78. The zero-order valence-electron chi connectivity index (χ0n) is 31.4. The highest BCUT2D eigenvalue weighted by atomic mass is 32.2. The SMILES string of the molecule is C=C[C@@H]1C[C@]1(NC(=O)C1C[C@@H](OC(=O)N2Cc3cccc(F)c3C2)CN1C(=O)[C@@H](N)CNC(=O)OCC1c2ccccc2-c2ccccc21)C(=O)NS(=O)(=O)C1CC1. The van der Waals surface area contributed by atoms with Crippen molar-refractivity contribution in [1.82, 2.24) is 25.2 Å². The Morgan fingerprint density at radius 1 is 0.983 bits per heavy atom. The minimum Gasteiger partial charge on any atom is -0.449 e. The molecule has 8 rings (SSSR count). The van der Waals surface area contributed by atoms with E-state index in [9.17, 15) is 36.8 Å². The quantitative estimate of drug-likeness (QED) is 0.197. The van der Waals surface area contributed by atoms with E-state index in [4.69, 9.17) is 15.2 Å². The lowest BCUT2D eigenvalue weighted by Gasteiger charge is -2.28. The second-order valence-corrected chi connectivity index (χ2v) is 17.4. The average Bonchev–Trinajstić information content (AvgIpc) is 4.07. The zero-order valence-corrected chi connectivity index (χ0v) is 32.2. The molecule has 3 aromatic carbocycles. The van der Waals surface area contributed by atoms with Gasteiger partial charge in [-0.05, 0) is 53.1 Å². The number of hydrogen-bond acceptors (Lipinski definition) is 10. The molecular formula is C41H43FN6O9S. The summed E-state index contributed by atoms with van der Waals surface area (Å²) < 4.78 is 53.1. The minimum absolute atomic E-state index is 0.0300. The summed E-state index contributed by atoms with van der Waals surface area (Å²) in [7, 11) is -3.95. The van der Waals surface area contributed by atoms with Gasteiger partial charge >= 0.3 is 12.2 Å². The number of fused-ring (bicyclic) bond motifs is 4. The molecule has 3 aromatic rings. The molecule has 0 bridgehead atoms. The summed E-state index contributed by atoms with van der Waals surface area (Å²) in [6, 6.07) is 17.6. The maximum absolute atomic E-state index is 14.4. The number of hydrogen-bond donors (Lipinski definition) is 4. The molecule has 0 spiro atoms. The van der Waals surface area contributed by atoms with Crippen LogP contribution in [0.4, 0.5) is 14.0 Å². The summed E-state index contributed by atoms with van der Waals surface area (Å²) in [6.07, 6.45) is -0.461. The molecule has 1 saturated heterocycles. The molecule has 2 aliphatic heterocycles. The lowest BCUT2D eigenvalue weighted by Crippen LogP contribution is -2.58. The maximum atomic E-state index is 14.4. The van der Waals surface area contributed by atoms with Gasteiger partial charge in [-0.2, -0.15) is 0 Å². The number of sulfonamides is 1. The van der Waals surface area contributed by atoms with Crippen molar-refractivity contribution < 1.29 is 46.3 Å². The normalized spacial score (nSPS) is 23.5. The standard InChI is InChI=1S/C41H43FN6O9S/c1-2-24-17-41(24,38(51)46-58(54,55)26-14-15-26)45-36(49)35-16-25(57-40(53)47-19-23-8-7-13-33(42)31(23)21-47)20-48(35)37(50)34(43)18-44-39(52)56-22-32-29-11-5-3-9-27(29)28-10-4-6-12-30(28)32/h2-13,24-26,32,34-35H,1,14-22,43H2,(H,44,52)(H,45,49)(H,46,51)/t24-,25-,34+,35?,41-/m1/s1. The molecule has 5 aliphatic rings. The van der Waals surface area contributed by atoms with E-state index in [1.54, 1.807) is 12.1 Å². The molecule has 3 fully saturated rings. The Hall–Kier alpha value is -5.81. The van der Waals surface area contributed by atoms with E-state index in [1.165, 1.54) is 17.0 Å². The fraction of sp³-hybridized carbons (Fsp3) is 0.390. The van der Waals surface area contributed by atoms with Crippen LogP contribution in [0.3, 0.4) is 0 Å². The van der Waals surface area contributed by atoms with Gasteiger partial charge in [0, 0.05) is 36.9 Å². The number of nitrogens with zero attached hydrogens (tertiary/aromatic N) is 2. The van der Waals surface area contributed by atoms with Gasteiger partial charge < -0.3 is 30.7 Å². The first-order chi connectivity index (χ1) is 27.8. The van der Waals surface area contributed by atoms with Gasteiger partial charge in [0.2, 0.25) is 21.8 Å². The van der Waals surface area contributed by atoms with Gasteiger partial charge in [-0.25, -0.2) is 22.4 Å². The van der Waals surface area contributed by atoms with Crippen molar-refractivity contribution in [2.24, 2.45) is 11.7 Å². The maximum Gasteiger partial charge on any atom is 0.410 e. The number of rotatable bonds is 12. The van der Waals surface area contributed by atoms with Crippen molar-refractivity contribution in [2.45, 2.75) is 73.7 Å². The Morgan fingerprint density at radius 2 is 1.67 bits per heavy atom. The topological polar surface area (TPSA) is 207 Å². The van der Waals surface area contributed by atoms with Crippen molar-refractivity contribution in [3.05, 3.63) is 107 Å². The molecule has 5 amide bonds. The predicted molar refractivity (Wildman–Crippen MR) is 206 cm³/mol. The number of nitrogens with one attached hydrogen (secondary N) is 3. The van der Waals surface area contributed by atoms with Crippen LogP contribution in [-0.4, -0.2) is 96.8 Å². The van der Waals surface area contributed by atoms with Crippen LogP contribution in [0.1, 0.15) is 53.9 Å². The summed E-state index contributed by atoms with van der Waals surface area (Å²) in [5.74, 6) is -3.73. The summed E-state index contributed by atoms with van der Waals surface area (Å²) >= 11 is 0. The number of carbonyl (C=O) groups excluding carboxylic acids is 5. The molecule has 17 heteroatoms. The highest BCUT2D eigenvalue weighted by molar-refractivity contribution is 7.91. The van der Waals surface area contributed by atoms with Crippen molar-refractivity contribution in [2.75, 3.05) is 19.7 Å². The first-order valence-electron chi connectivity index (χ1n) is 19.2. The number of amides is 5. The summed E-state index contributed by atoms with van der Waals surface area (Å²) in [5.41, 5.74) is 9.82. The lowest BCUT2D eigenvalue weighted by molar-refractivity contribution is -0.140. The summed E-state index contributed by atoms with van der Waals surface area (Å²) in [6.45, 7) is 3.18. The van der Waals surface area contributed by atoms with E-state index in [1.807, 2.05) is 48.5 Å².